The zero-order valence-electron chi connectivity index (χ0n) is 20.3. The Hall–Kier alpha value is -3.71. The van der Waals surface area contributed by atoms with Crippen LogP contribution in [-0.4, -0.2) is 80.4 Å². The number of nitrogens with two attached hydrogens (primary N) is 1. The molecule has 0 aliphatic carbocycles. The maximum atomic E-state index is 13.1. The molecule has 9 N–H and O–H groups in total. The summed E-state index contributed by atoms with van der Waals surface area (Å²) >= 11 is 0. The fourth-order valence-corrected chi connectivity index (χ4v) is 3.19. The second-order valence-electron chi connectivity index (χ2n) is 8.77. The monoisotopic (exact) mass is 510 g/mol. The van der Waals surface area contributed by atoms with Gasteiger partial charge in [-0.1, -0.05) is 26.0 Å². The lowest BCUT2D eigenvalue weighted by Gasteiger charge is -2.27. The lowest BCUT2D eigenvalue weighted by atomic mass is 10.00. The topological polar surface area (TPSA) is 228 Å². The van der Waals surface area contributed by atoms with Crippen LogP contribution in [0.15, 0.2) is 24.3 Å². The third kappa shape index (κ3) is 9.88. The highest BCUT2D eigenvalue weighted by Gasteiger charge is 2.33. The van der Waals surface area contributed by atoms with Crippen LogP contribution < -0.4 is 21.7 Å². The van der Waals surface area contributed by atoms with Crippen molar-refractivity contribution in [2.24, 2.45) is 11.7 Å². The van der Waals surface area contributed by atoms with E-state index in [0.717, 1.165) is 0 Å². The second kappa shape index (κ2) is 14.0. The van der Waals surface area contributed by atoms with Crippen LogP contribution in [-0.2, 0) is 30.4 Å². The van der Waals surface area contributed by atoms with Crippen molar-refractivity contribution in [2.45, 2.75) is 70.3 Å². The van der Waals surface area contributed by atoms with Gasteiger partial charge in [-0.3, -0.25) is 19.2 Å². The molecule has 0 fully saturated rings. The van der Waals surface area contributed by atoms with Gasteiger partial charge in [0.25, 0.3) is 0 Å². The molecule has 0 saturated carbocycles. The Kier molecular flexibility index (Phi) is 11.8. The molecule has 5 atom stereocenters. The lowest BCUT2D eigenvalue weighted by Crippen LogP contribution is -2.59. The number of rotatable bonds is 14. The van der Waals surface area contributed by atoms with E-state index in [0.29, 0.717) is 5.56 Å². The molecule has 13 heteroatoms. The number of hydrogen-bond acceptors (Lipinski definition) is 8. The molecule has 0 aliphatic heterocycles. The highest BCUT2D eigenvalue weighted by molar-refractivity contribution is 5.94. The zero-order valence-corrected chi connectivity index (χ0v) is 20.3. The van der Waals surface area contributed by atoms with Gasteiger partial charge in [0, 0.05) is 12.8 Å². The van der Waals surface area contributed by atoms with Crippen LogP contribution >= 0.6 is 0 Å². The molecule has 0 aromatic heterocycles. The molecule has 3 amide bonds. The minimum atomic E-state index is -1.63. The Labute approximate surface area is 208 Å². The van der Waals surface area contributed by atoms with Gasteiger partial charge in [0.2, 0.25) is 17.7 Å². The predicted octanol–water partition coefficient (Wildman–Crippen LogP) is -1.30. The van der Waals surface area contributed by atoms with Crippen LogP contribution in [0.4, 0.5) is 0 Å². The normalized spacial score (nSPS) is 15.2. The van der Waals surface area contributed by atoms with Crippen LogP contribution in [0.25, 0.3) is 0 Å². The van der Waals surface area contributed by atoms with Crippen molar-refractivity contribution in [3.8, 4) is 5.75 Å². The van der Waals surface area contributed by atoms with E-state index in [9.17, 15) is 39.3 Å². The minimum absolute atomic E-state index is 0.0225. The number of carboxylic acid groups (broad SMARTS) is 2. The molecule has 0 bridgehead atoms. The summed E-state index contributed by atoms with van der Waals surface area (Å²) in [7, 11) is 0. The Balaban J connectivity index is 3.10. The summed E-state index contributed by atoms with van der Waals surface area (Å²) in [6, 6.07) is 0.507. The number of aromatic hydroxyl groups is 1. The minimum Gasteiger partial charge on any atom is -0.508 e. The summed E-state index contributed by atoms with van der Waals surface area (Å²) < 4.78 is 0. The SMILES string of the molecule is CC(C)C(NC(=O)C(N)CCC(=O)O)C(=O)NC(Cc1ccc(O)cc1)C(=O)NC(C(=O)O)C(C)O. The van der Waals surface area contributed by atoms with Crippen molar-refractivity contribution >= 4 is 29.7 Å². The van der Waals surface area contributed by atoms with Gasteiger partial charge < -0.3 is 42.1 Å². The highest BCUT2D eigenvalue weighted by atomic mass is 16.4. The number of carbonyl (C=O) groups is 5. The Morgan fingerprint density at radius 1 is 0.861 bits per heavy atom. The van der Waals surface area contributed by atoms with Crippen LogP contribution in [0.5, 0.6) is 5.75 Å². The van der Waals surface area contributed by atoms with Crippen molar-refractivity contribution in [3.05, 3.63) is 29.8 Å². The first-order valence-electron chi connectivity index (χ1n) is 11.3. The average molecular weight is 511 g/mol. The van der Waals surface area contributed by atoms with Gasteiger partial charge in [-0.15, -0.1) is 0 Å². The fraction of sp³-hybridized carbons (Fsp3) is 0.522. The van der Waals surface area contributed by atoms with Crippen molar-refractivity contribution in [3.63, 3.8) is 0 Å². The molecule has 1 rings (SSSR count). The molecule has 0 heterocycles. The number of hydrogen-bond donors (Lipinski definition) is 8. The summed E-state index contributed by atoms with van der Waals surface area (Å²) in [4.78, 5) is 60.5. The predicted molar refractivity (Wildman–Crippen MR) is 127 cm³/mol. The standard InChI is InChI=1S/C23H34N4O9/c1-11(2)18(26-20(32)15(24)8-9-17(30)31)22(34)25-16(10-13-4-6-14(29)7-5-13)21(33)27-19(12(3)28)23(35)36/h4-7,11-12,15-16,18-19,28-29H,8-10,24H2,1-3H3,(H,25,34)(H,26,32)(H,27,33)(H,30,31)(H,35,36). The molecule has 5 unspecified atom stereocenters. The lowest BCUT2D eigenvalue weighted by molar-refractivity contribution is -0.145. The Morgan fingerprint density at radius 3 is 1.89 bits per heavy atom. The molecular weight excluding hydrogens is 476 g/mol. The van der Waals surface area contributed by atoms with E-state index in [1.807, 2.05) is 0 Å². The number of phenols is 1. The summed E-state index contributed by atoms with van der Waals surface area (Å²) in [5, 5.41) is 44.4. The van der Waals surface area contributed by atoms with Gasteiger partial charge in [0.05, 0.1) is 12.1 Å². The number of nitrogens with one attached hydrogen (secondary N) is 3. The van der Waals surface area contributed by atoms with E-state index in [2.05, 4.69) is 16.0 Å². The molecule has 1 aromatic carbocycles. The van der Waals surface area contributed by atoms with Crippen molar-refractivity contribution in [1.82, 2.24) is 16.0 Å². The summed E-state index contributed by atoms with van der Waals surface area (Å²) in [6.45, 7) is 4.46. The fourth-order valence-electron chi connectivity index (χ4n) is 3.19. The van der Waals surface area contributed by atoms with Gasteiger partial charge in [0.1, 0.15) is 17.8 Å². The average Bonchev–Trinajstić information content (AvgIpc) is 2.79. The zero-order chi connectivity index (χ0) is 27.6. The summed E-state index contributed by atoms with van der Waals surface area (Å²) in [6.07, 6.45) is -2.00. The van der Waals surface area contributed by atoms with E-state index in [4.69, 9.17) is 10.8 Å². The van der Waals surface area contributed by atoms with Crippen molar-refractivity contribution in [1.29, 1.82) is 0 Å². The number of benzene rings is 1. The third-order valence-corrected chi connectivity index (χ3v) is 5.31. The maximum absolute atomic E-state index is 13.1. The molecule has 0 saturated heterocycles. The maximum Gasteiger partial charge on any atom is 0.328 e. The van der Waals surface area contributed by atoms with E-state index < -0.39 is 65.8 Å². The smallest absolute Gasteiger partial charge is 0.328 e. The van der Waals surface area contributed by atoms with Gasteiger partial charge in [-0.2, -0.15) is 0 Å². The third-order valence-electron chi connectivity index (χ3n) is 5.31. The van der Waals surface area contributed by atoms with Gasteiger partial charge in [0.15, 0.2) is 6.04 Å². The molecule has 36 heavy (non-hydrogen) atoms. The van der Waals surface area contributed by atoms with Crippen molar-refractivity contribution in [2.75, 3.05) is 0 Å². The number of amides is 3. The van der Waals surface area contributed by atoms with E-state index in [1.54, 1.807) is 13.8 Å². The van der Waals surface area contributed by atoms with E-state index in [-0.39, 0.29) is 25.0 Å². The first-order valence-corrected chi connectivity index (χ1v) is 11.3. The first kappa shape index (κ1) is 30.3. The molecular formula is C23H34N4O9. The van der Waals surface area contributed by atoms with E-state index in [1.165, 1.54) is 31.2 Å². The van der Waals surface area contributed by atoms with Crippen LogP contribution in [0.3, 0.4) is 0 Å². The number of phenolic OH excluding ortho intramolecular Hbond substituents is 1. The van der Waals surface area contributed by atoms with Crippen LogP contribution in [0.2, 0.25) is 0 Å². The van der Waals surface area contributed by atoms with Gasteiger partial charge in [-0.25, -0.2) is 4.79 Å². The molecule has 13 nitrogen and oxygen atoms in total. The number of carboxylic acids is 2. The second-order valence-corrected chi connectivity index (χ2v) is 8.77. The molecule has 0 radical (unpaired) electrons. The van der Waals surface area contributed by atoms with Crippen molar-refractivity contribution < 1.29 is 44.4 Å². The summed E-state index contributed by atoms with van der Waals surface area (Å²) in [5.74, 6) is -5.48. The Morgan fingerprint density at radius 2 is 1.42 bits per heavy atom. The number of aliphatic hydroxyl groups is 1. The molecule has 1 aromatic rings. The Bertz CT molecular complexity index is 934. The molecule has 0 spiro atoms. The molecule has 200 valence electrons. The number of carbonyl (C=O) groups excluding carboxylic acids is 3. The first-order chi connectivity index (χ1) is 16.7. The quantitative estimate of drug-likeness (QED) is 0.147. The van der Waals surface area contributed by atoms with Gasteiger partial charge in [-0.05, 0) is 37.0 Å². The van der Waals surface area contributed by atoms with Crippen LogP contribution in [0.1, 0.15) is 39.2 Å². The highest BCUT2D eigenvalue weighted by Crippen LogP contribution is 2.13. The van der Waals surface area contributed by atoms with Crippen LogP contribution in [0, 0.1) is 5.92 Å². The van der Waals surface area contributed by atoms with Gasteiger partial charge >= 0.3 is 11.9 Å². The number of aliphatic hydroxyl groups excluding tert-OH is 1. The van der Waals surface area contributed by atoms with E-state index >= 15 is 0 Å². The molecule has 0 aliphatic rings. The number of aliphatic carboxylic acids is 2. The summed E-state index contributed by atoms with van der Waals surface area (Å²) in [5.41, 5.74) is 6.24. The largest absolute Gasteiger partial charge is 0.508 e.